The van der Waals surface area contributed by atoms with E-state index in [0.29, 0.717) is 22.6 Å². The third-order valence-corrected chi connectivity index (χ3v) is 5.86. The summed E-state index contributed by atoms with van der Waals surface area (Å²) in [5, 5.41) is 8.62. The van der Waals surface area contributed by atoms with Crippen molar-refractivity contribution in [1.82, 2.24) is 9.78 Å². The van der Waals surface area contributed by atoms with E-state index in [-0.39, 0.29) is 17.8 Å². The SMILES string of the molecule is COc1cc2c(cc1NC(=O)[C@@H](C)OC(=O)c1ccc(=O)n(Cc3ccccc3)n1)oc1ccccc12. The highest BCUT2D eigenvalue weighted by Gasteiger charge is 2.22. The van der Waals surface area contributed by atoms with Gasteiger partial charge in [-0.15, -0.1) is 0 Å². The Morgan fingerprint density at radius 3 is 2.51 bits per heavy atom. The molecular weight excluding hydrogens is 474 g/mol. The number of nitrogens with one attached hydrogen (secondary N) is 1. The number of nitrogens with zero attached hydrogens (tertiary/aromatic N) is 2. The Hall–Kier alpha value is -4.92. The minimum Gasteiger partial charge on any atom is -0.495 e. The number of esters is 1. The molecule has 0 radical (unpaired) electrons. The van der Waals surface area contributed by atoms with Crippen LogP contribution in [0.2, 0.25) is 0 Å². The van der Waals surface area contributed by atoms with Crippen molar-refractivity contribution in [2.45, 2.75) is 19.6 Å². The number of carbonyl (C=O) groups is 2. The molecule has 9 heteroatoms. The molecule has 0 fully saturated rings. The minimum absolute atomic E-state index is 0.0866. The van der Waals surface area contributed by atoms with Gasteiger partial charge in [-0.25, -0.2) is 9.48 Å². The normalized spacial score (nSPS) is 11.8. The molecule has 0 spiro atoms. The van der Waals surface area contributed by atoms with Gasteiger partial charge in [-0.1, -0.05) is 48.5 Å². The second-order valence-electron chi connectivity index (χ2n) is 8.38. The molecule has 186 valence electrons. The molecule has 2 aromatic heterocycles. The zero-order valence-electron chi connectivity index (χ0n) is 20.1. The van der Waals surface area contributed by atoms with E-state index in [2.05, 4.69) is 10.4 Å². The van der Waals surface area contributed by atoms with Gasteiger partial charge in [0.1, 0.15) is 16.9 Å². The Bertz CT molecular complexity index is 1670. The second kappa shape index (κ2) is 9.98. The number of ether oxygens (including phenoxy) is 2. The Kier molecular flexibility index (Phi) is 6.42. The standard InChI is InChI=1S/C28H23N3O6/c1-17(36-28(34)21-12-13-26(32)31(30-21)16-18-8-4-3-5-9-18)27(33)29-22-15-24-20(14-25(22)35-2)19-10-6-7-11-23(19)37-24/h3-15,17H,16H2,1-2H3,(H,29,33)/t17-/m1/s1. The van der Waals surface area contributed by atoms with Crippen molar-refractivity contribution in [3.63, 3.8) is 0 Å². The number of para-hydroxylation sites is 1. The average molecular weight is 498 g/mol. The van der Waals surface area contributed by atoms with Gasteiger partial charge in [0.05, 0.1) is 19.3 Å². The topological polar surface area (TPSA) is 113 Å². The Morgan fingerprint density at radius 2 is 1.73 bits per heavy atom. The molecule has 0 bridgehead atoms. The van der Waals surface area contributed by atoms with Gasteiger partial charge in [-0.2, -0.15) is 5.10 Å². The predicted molar refractivity (Wildman–Crippen MR) is 138 cm³/mol. The van der Waals surface area contributed by atoms with E-state index in [9.17, 15) is 14.4 Å². The summed E-state index contributed by atoms with van der Waals surface area (Å²) in [5.41, 5.74) is 2.07. The molecule has 0 saturated heterocycles. The lowest BCUT2D eigenvalue weighted by Crippen LogP contribution is -2.31. The summed E-state index contributed by atoms with van der Waals surface area (Å²) in [5.74, 6) is -0.968. The van der Waals surface area contributed by atoms with Crippen LogP contribution in [0.3, 0.4) is 0 Å². The lowest BCUT2D eigenvalue weighted by molar-refractivity contribution is -0.123. The van der Waals surface area contributed by atoms with Crippen molar-refractivity contribution < 1.29 is 23.5 Å². The molecule has 2 heterocycles. The van der Waals surface area contributed by atoms with Gasteiger partial charge in [-0.3, -0.25) is 9.59 Å². The summed E-state index contributed by atoms with van der Waals surface area (Å²) in [6, 6.07) is 22.8. The van der Waals surface area contributed by atoms with E-state index < -0.39 is 18.0 Å². The number of furan rings is 1. The van der Waals surface area contributed by atoms with Crippen LogP contribution in [-0.2, 0) is 16.1 Å². The molecule has 5 rings (SSSR count). The zero-order valence-corrected chi connectivity index (χ0v) is 20.1. The van der Waals surface area contributed by atoms with E-state index >= 15 is 0 Å². The largest absolute Gasteiger partial charge is 0.495 e. The van der Waals surface area contributed by atoms with Crippen LogP contribution < -0.4 is 15.6 Å². The van der Waals surface area contributed by atoms with Crippen molar-refractivity contribution >= 4 is 39.5 Å². The van der Waals surface area contributed by atoms with Crippen LogP contribution in [0.15, 0.2) is 88.1 Å². The van der Waals surface area contributed by atoms with E-state index in [1.54, 1.807) is 12.1 Å². The third-order valence-electron chi connectivity index (χ3n) is 5.86. The number of anilines is 1. The third kappa shape index (κ3) is 4.92. The van der Waals surface area contributed by atoms with Crippen LogP contribution in [0, 0.1) is 0 Å². The highest BCUT2D eigenvalue weighted by molar-refractivity contribution is 6.08. The highest BCUT2D eigenvalue weighted by atomic mass is 16.5. The van der Waals surface area contributed by atoms with E-state index in [1.807, 2.05) is 54.6 Å². The fraction of sp³-hybridized carbons (Fsp3) is 0.143. The maximum Gasteiger partial charge on any atom is 0.359 e. The molecule has 1 N–H and O–H groups in total. The molecule has 1 atom stereocenters. The molecule has 0 aliphatic rings. The lowest BCUT2D eigenvalue weighted by atomic mass is 10.1. The summed E-state index contributed by atoms with van der Waals surface area (Å²) in [6.45, 7) is 1.64. The highest BCUT2D eigenvalue weighted by Crippen LogP contribution is 2.36. The Morgan fingerprint density at radius 1 is 0.973 bits per heavy atom. The molecule has 0 aliphatic carbocycles. The quantitative estimate of drug-likeness (QED) is 0.332. The number of hydrogen-bond donors (Lipinski definition) is 1. The summed E-state index contributed by atoms with van der Waals surface area (Å²) in [7, 11) is 1.50. The van der Waals surface area contributed by atoms with Crippen LogP contribution in [0.1, 0.15) is 23.0 Å². The first-order valence-electron chi connectivity index (χ1n) is 11.6. The van der Waals surface area contributed by atoms with Crippen LogP contribution >= 0.6 is 0 Å². The number of benzene rings is 3. The zero-order chi connectivity index (χ0) is 25.9. The number of fused-ring (bicyclic) bond motifs is 3. The number of methoxy groups -OCH3 is 1. The maximum absolute atomic E-state index is 12.9. The van der Waals surface area contributed by atoms with Gasteiger partial charge in [0.25, 0.3) is 11.5 Å². The van der Waals surface area contributed by atoms with Crippen molar-refractivity contribution in [2.24, 2.45) is 0 Å². The van der Waals surface area contributed by atoms with Crippen LogP contribution in [0.4, 0.5) is 5.69 Å². The van der Waals surface area contributed by atoms with Crippen molar-refractivity contribution in [3.8, 4) is 5.75 Å². The first kappa shape index (κ1) is 23.8. The predicted octanol–water partition coefficient (Wildman–Crippen LogP) is 4.38. The Balaban J connectivity index is 1.31. The molecule has 1 amide bonds. The second-order valence-corrected chi connectivity index (χ2v) is 8.38. The summed E-state index contributed by atoms with van der Waals surface area (Å²) in [6.07, 6.45) is -1.15. The molecule has 37 heavy (non-hydrogen) atoms. The van der Waals surface area contributed by atoms with E-state index in [4.69, 9.17) is 13.9 Å². The number of rotatable bonds is 7. The summed E-state index contributed by atoms with van der Waals surface area (Å²) < 4.78 is 17.9. The Labute approximate surface area is 211 Å². The molecule has 3 aromatic carbocycles. The van der Waals surface area contributed by atoms with E-state index in [1.165, 1.54) is 30.8 Å². The summed E-state index contributed by atoms with van der Waals surface area (Å²) >= 11 is 0. The van der Waals surface area contributed by atoms with Gasteiger partial charge in [0, 0.05) is 22.9 Å². The van der Waals surface area contributed by atoms with Crippen LogP contribution in [-0.4, -0.2) is 34.9 Å². The molecule has 0 unspecified atom stereocenters. The van der Waals surface area contributed by atoms with Gasteiger partial charge in [-0.05, 0) is 30.7 Å². The molecule has 0 saturated carbocycles. The van der Waals surface area contributed by atoms with Gasteiger partial charge < -0.3 is 19.2 Å². The molecular formula is C28H23N3O6. The average Bonchev–Trinajstić information content (AvgIpc) is 3.27. The first-order valence-corrected chi connectivity index (χ1v) is 11.6. The fourth-order valence-corrected chi connectivity index (χ4v) is 3.95. The molecule has 5 aromatic rings. The van der Waals surface area contributed by atoms with Gasteiger partial charge in [0.2, 0.25) is 0 Å². The van der Waals surface area contributed by atoms with Gasteiger partial charge >= 0.3 is 5.97 Å². The monoisotopic (exact) mass is 497 g/mol. The number of aromatic nitrogens is 2. The van der Waals surface area contributed by atoms with E-state index in [0.717, 1.165) is 16.3 Å². The summed E-state index contributed by atoms with van der Waals surface area (Å²) in [4.78, 5) is 37.8. The first-order chi connectivity index (χ1) is 17.9. The van der Waals surface area contributed by atoms with Gasteiger partial charge in [0.15, 0.2) is 11.8 Å². The number of amides is 1. The number of hydrogen-bond acceptors (Lipinski definition) is 7. The minimum atomic E-state index is -1.15. The lowest BCUT2D eigenvalue weighted by Gasteiger charge is -2.15. The molecule has 0 aliphatic heterocycles. The number of carbonyl (C=O) groups excluding carboxylic acids is 2. The molecule has 9 nitrogen and oxygen atoms in total. The van der Waals surface area contributed by atoms with Crippen molar-refractivity contribution in [1.29, 1.82) is 0 Å². The maximum atomic E-state index is 12.9. The van der Waals surface area contributed by atoms with Crippen molar-refractivity contribution in [3.05, 3.63) is 100 Å². The van der Waals surface area contributed by atoms with Crippen LogP contribution in [0.25, 0.3) is 21.9 Å². The fourth-order valence-electron chi connectivity index (χ4n) is 3.95. The smallest absolute Gasteiger partial charge is 0.359 e. The van der Waals surface area contributed by atoms with Crippen molar-refractivity contribution in [2.75, 3.05) is 12.4 Å². The van der Waals surface area contributed by atoms with Crippen LogP contribution in [0.5, 0.6) is 5.75 Å².